The van der Waals surface area contributed by atoms with E-state index in [9.17, 15) is 5.11 Å². The van der Waals surface area contributed by atoms with Crippen LogP contribution in [0.1, 0.15) is 51.0 Å². The van der Waals surface area contributed by atoms with Gasteiger partial charge >= 0.3 is 0 Å². The number of benzene rings is 1. The lowest BCUT2D eigenvalue weighted by molar-refractivity contribution is -0.0967. The van der Waals surface area contributed by atoms with Gasteiger partial charge in [-0.25, -0.2) is 0 Å². The van der Waals surface area contributed by atoms with E-state index >= 15 is 0 Å². The highest BCUT2D eigenvalue weighted by Crippen LogP contribution is 2.41. The lowest BCUT2D eigenvalue weighted by atomic mass is 9.74. The third kappa shape index (κ3) is 2.70. The zero-order valence-corrected chi connectivity index (χ0v) is 11.9. The van der Waals surface area contributed by atoms with E-state index in [0.29, 0.717) is 12.1 Å². The van der Waals surface area contributed by atoms with Crippen molar-refractivity contribution in [2.24, 2.45) is 0 Å². The maximum Gasteiger partial charge on any atom is 0.0675 e. The molecule has 2 bridgehead atoms. The fourth-order valence-electron chi connectivity index (χ4n) is 3.96. The van der Waals surface area contributed by atoms with E-state index in [1.807, 2.05) is 0 Å². The van der Waals surface area contributed by atoms with Gasteiger partial charge in [-0.1, -0.05) is 43.7 Å². The van der Waals surface area contributed by atoms with Gasteiger partial charge in [0.2, 0.25) is 0 Å². The van der Waals surface area contributed by atoms with E-state index in [-0.39, 0.29) is 0 Å². The summed E-state index contributed by atoms with van der Waals surface area (Å²) in [6.07, 6.45) is 6.68. The Labute approximate surface area is 116 Å². The molecule has 2 aliphatic rings. The summed E-state index contributed by atoms with van der Waals surface area (Å²) in [6, 6.07) is 11.9. The topological polar surface area (TPSA) is 23.5 Å². The molecule has 0 amide bonds. The molecule has 2 aliphatic heterocycles. The third-order valence-electron chi connectivity index (χ3n) is 5.11. The molecule has 2 fully saturated rings. The monoisotopic (exact) mass is 259 g/mol. The molecule has 2 heteroatoms. The molecule has 2 nitrogen and oxygen atoms in total. The van der Waals surface area contributed by atoms with Gasteiger partial charge in [0.1, 0.15) is 0 Å². The Hall–Kier alpha value is -0.860. The van der Waals surface area contributed by atoms with E-state index in [1.165, 1.54) is 24.8 Å². The average molecular weight is 259 g/mol. The molecule has 19 heavy (non-hydrogen) atoms. The molecule has 1 N–H and O–H groups in total. The molecule has 1 aromatic carbocycles. The molecule has 0 aliphatic carbocycles. The lowest BCUT2D eigenvalue weighted by Gasteiger charge is -2.52. The molecular formula is C17H25NO. The van der Waals surface area contributed by atoms with Gasteiger partial charge < -0.3 is 5.11 Å². The summed E-state index contributed by atoms with van der Waals surface area (Å²) in [5.41, 5.74) is 1.00. The molecule has 104 valence electrons. The molecule has 1 aromatic rings. The van der Waals surface area contributed by atoms with Gasteiger partial charge in [0.25, 0.3) is 0 Å². The molecular weight excluding hydrogens is 234 g/mol. The van der Waals surface area contributed by atoms with Crippen molar-refractivity contribution < 1.29 is 5.11 Å². The van der Waals surface area contributed by atoms with Gasteiger partial charge in [-0.05, 0) is 37.7 Å². The Morgan fingerprint density at radius 3 is 2.37 bits per heavy atom. The minimum atomic E-state index is -0.400. The first-order valence-corrected chi connectivity index (χ1v) is 7.72. The highest BCUT2D eigenvalue weighted by atomic mass is 16.3. The molecule has 0 aromatic heterocycles. The van der Waals surface area contributed by atoms with E-state index in [1.54, 1.807) is 0 Å². The summed E-state index contributed by atoms with van der Waals surface area (Å²) in [7, 11) is 0. The standard InChI is InChI=1S/C17H25NO/c1-2-17(19)11-15-9-6-10-16(12-17)18(15)13-14-7-4-3-5-8-14/h3-5,7-8,15-16,19H,2,6,9-13H2,1H3. The minimum Gasteiger partial charge on any atom is -0.390 e. The fourth-order valence-corrected chi connectivity index (χ4v) is 3.96. The summed E-state index contributed by atoms with van der Waals surface area (Å²) in [5, 5.41) is 10.6. The number of fused-ring (bicyclic) bond motifs is 2. The minimum absolute atomic E-state index is 0.400. The Morgan fingerprint density at radius 2 is 1.79 bits per heavy atom. The van der Waals surface area contributed by atoms with Crippen LogP contribution in [-0.4, -0.2) is 27.7 Å². The summed E-state index contributed by atoms with van der Waals surface area (Å²) in [5.74, 6) is 0. The summed E-state index contributed by atoms with van der Waals surface area (Å²) in [6.45, 7) is 3.18. The Morgan fingerprint density at radius 1 is 1.16 bits per heavy atom. The van der Waals surface area contributed by atoms with Crippen LogP contribution in [0.2, 0.25) is 0 Å². The zero-order chi connectivity index (χ0) is 13.3. The van der Waals surface area contributed by atoms with E-state index in [4.69, 9.17) is 0 Å². The van der Waals surface area contributed by atoms with Crippen LogP contribution in [0.25, 0.3) is 0 Å². The molecule has 3 rings (SSSR count). The van der Waals surface area contributed by atoms with Crippen molar-refractivity contribution in [3.8, 4) is 0 Å². The van der Waals surface area contributed by atoms with E-state index in [0.717, 1.165) is 25.8 Å². The van der Waals surface area contributed by atoms with Crippen molar-refractivity contribution in [3.05, 3.63) is 35.9 Å². The maximum atomic E-state index is 10.6. The number of aliphatic hydroxyl groups is 1. The van der Waals surface area contributed by atoms with Crippen LogP contribution in [0.5, 0.6) is 0 Å². The normalized spacial score (nSPS) is 35.3. The second-order valence-corrected chi connectivity index (χ2v) is 6.38. The van der Waals surface area contributed by atoms with E-state index < -0.39 is 5.60 Å². The Bertz CT molecular complexity index is 403. The van der Waals surface area contributed by atoms with Gasteiger partial charge in [0, 0.05) is 18.6 Å². The first-order chi connectivity index (χ1) is 9.20. The lowest BCUT2D eigenvalue weighted by Crippen LogP contribution is -2.57. The van der Waals surface area contributed by atoms with Crippen molar-refractivity contribution >= 4 is 0 Å². The van der Waals surface area contributed by atoms with E-state index in [2.05, 4.69) is 42.2 Å². The molecule has 2 heterocycles. The Balaban J connectivity index is 1.76. The van der Waals surface area contributed by atoms with Crippen molar-refractivity contribution in [2.75, 3.05) is 0 Å². The highest BCUT2D eigenvalue weighted by molar-refractivity contribution is 5.15. The summed E-state index contributed by atoms with van der Waals surface area (Å²) < 4.78 is 0. The number of nitrogens with zero attached hydrogens (tertiary/aromatic N) is 1. The van der Waals surface area contributed by atoms with Gasteiger partial charge in [-0.2, -0.15) is 0 Å². The average Bonchev–Trinajstić information content (AvgIpc) is 2.41. The van der Waals surface area contributed by atoms with Crippen LogP contribution in [-0.2, 0) is 6.54 Å². The smallest absolute Gasteiger partial charge is 0.0675 e. The van der Waals surface area contributed by atoms with Crippen LogP contribution in [0.15, 0.2) is 30.3 Å². The second-order valence-electron chi connectivity index (χ2n) is 6.38. The predicted molar refractivity (Wildman–Crippen MR) is 77.9 cm³/mol. The summed E-state index contributed by atoms with van der Waals surface area (Å²) in [4.78, 5) is 2.66. The van der Waals surface area contributed by atoms with Crippen molar-refractivity contribution in [1.29, 1.82) is 0 Å². The van der Waals surface area contributed by atoms with Crippen LogP contribution < -0.4 is 0 Å². The summed E-state index contributed by atoms with van der Waals surface area (Å²) >= 11 is 0. The van der Waals surface area contributed by atoms with Crippen molar-refractivity contribution in [3.63, 3.8) is 0 Å². The van der Waals surface area contributed by atoms with Crippen molar-refractivity contribution in [1.82, 2.24) is 4.90 Å². The molecule has 0 saturated carbocycles. The van der Waals surface area contributed by atoms with Crippen molar-refractivity contribution in [2.45, 2.75) is 69.7 Å². The molecule has 0 radical (unpaired) electrons. The third-order valence-corrected chi connectivity index (χ3v) is 5.11. The Kier molecular flexibility index (Phi) is 3.64. The largest absolute Gasteiger partial charge is 0.390 e. The van der Waals surface area contributed by atoms with Crippen LogP contribution in [0, 0.1) is 0 Å². The highest BCUT2D eigenvalue weighted by Gasteiger charge is 2.44. The molecule has 2 saturated heterocycles. The fraction of sp³-hybridized carbons (Fsp3) is 0.647. The zero-order valence-electron chi connectivity index (χ0n) is 11.9. The maximum absolute atomic E-state index is 10.6. The first kappa shape index (κ1) is 13.1. The number of hydrogen-bond donors (Lipinski definition) is 1. The first-order valence-electron chi connectivity index (χ1n) is 7.72. The second kappa shape index (κ2) is 5.26. The number of hydrogen-bond acceptors (Lipinski definition) is 2. The quantitative estimate of drug-likeness (QED) is 0.900. The van der Waals surface area contributed by atoms with Gasteiger partial charge in [-0.3, -0.25) is 4.90 Å². The molecule has 2 atom stereocenters. The molecule has 2 unspecified atom stereocenters. The van der Waals surface area contributed by atoms with Crippen LogP contribution in [0.4, 0.5) is 0 Å². The van der Waals surface area contributed by atoms with Gasteiger partial charge in [0.05, 0.1) is 5.60 Å². The number of rotatable bonds is 3. The van der Waals surface area contributed by atoms with Crippen LogP contribution >= 0.6 is 0 Å². The van der Waals surface area contributed by atoms with Gasteiger partial charge in [0.15, 0.2) is 0 Å². The predicted octanol–water partition coefficient (Wildman–Crippen LogP) is 3.34. The molecule has 0 spiro atoms. The van der Waals surface area contributed by atoms with Crippen LogP contribution in [0.3, 0.4) is 0 Å². The van der Waals surface area contributed by atoms with Gasteiger partial charge in [-0.15, -0.1) is 0 Å². The SMILES string of the molecule is CCC1(O)CC2CCCC(C1)N2Cc1ccccc1. The number of piperidine rings is 2.